The van der Waals surface area contributed by atoms with Crippen LogP contribution in [-0.4, -0.2) is 11.3 Å². The Labute approximate surface area is 114 Å². The summed E-state index contributed by atoms with van der Waals surface area (Å²) in [7, 11) is 0. The molecule has 0 aliphatic rings. The lowest BCUT2D eigenvalue weighted by Crippen LogP contribution is -1.88. The van der Waals surface area contributed by atoms with Crippen molar-refractivity contribution < 1.29 is 5.11 Å². The zero-order valence-corrected chi connectivity index (χ0v) is 11.9. The summed E-state index contributed by atoms with van der Waals surface area (Å²) in [4.78, 5) is 4.42. The number of phenols is 1. The SMILES string of the molecule is Cc1ccc(C)c(/C=N\c2cc(C)cc(C)c2O)c1. The van der Waals surface area contributed by atoms with E-state index in [0.717, 1.165) is 16.7 Å². The highest BCUT2D eigenvalue weighted by atomic mass is 16.3. The fourth-order valence-electron chi connectivity index (χ4n) is 2.07. The lowest BCUT2D eigenvalue weighted by Gasteiger charge is -2.05. The second kappa shape index (κ2) is 5.27. The second-order valence-electron chi connectivity index (χ2n) is 5.07. The normalized spacial score (nSPS) is 11.2. The van der Waals surface area contributed by atoms with Gasteiger partial charge in [0.25, 0.3) is 0 Å². The van der Waals surface area contributed by atoms with E-state index in [-0.39, 0.29) is 5.75 Å². The highest BCUT2D eigenvalue weighted by Gasteiger charge is 2.04. The summed E-state index contributed by atoms with van der Waals surface area (Å²) >= 11 is 0. The van der Waals surface area contributed by atoms with Crippen LogP contribution in [0.1, 0.15) is 27.8 Å². The molecule has 2 aromatic carbocycles. The molecular weight excluding hydrogens is 234 g/mol. The number of rotatable bonds is 2. The molecule has 1 N–H and O–H groups in total. The van der Waals surface area contributed by atoms with Gasteiger partial charge in [0, 0.05) is 6.21 Å². The first-order valence-electron chi connectivity index (χ1n) is 6.39. The number of aryl methyl sites for hydroxylation is 4. The van der Waals surface area contributed by atoms with Crippen molar-refractivity contribution in [1.29, 1.82) is 0 Å². The van der Waals surface area contributed by atoms with Crippen LogP contribution in [0.15, 0.2) is 35.3 Å². The van der Waals surface area contributed by atoms with E-state index in [9.17, 15) is 5.11 Å². The molecule has 0 bridgehead atoms. The van der Waals surface area contributed by atoms with Gasteiger partial charge in [-0.1, -0.05) is 29.8 Å². The number of phenolic OH excluding ortho intramolecular Hbond substituents is 1. The molecule has 0 aliphatic heterocycles. The first-order valence-corrected chi connectivity index (χ1v) is 6.39. The van der Waals surface area contributed by atoms with Crippen LogP contribution in [0.4, 0.5) is 5.69 Å². The van der Waals surface area contributed by atoms with Crippen LogP contribution in [0.25, 0.3) is 0 Å². The average molecular weight is 253 g/mol. The number of hydrogen-bond donors (Lipinski definition) is 1. The molecule has 0 radical (unpaired) electrons. The summed E-state index contributed by atoms with van der Waals surface area (Å²) in [5.41, 5.74) is 6.04. The maximum absolute atomic E-state index is 10.0. The predicted octanol–water partition coefficient (Wildman–Crippen LogP) is 4.38. The summed E-state index contributed by atoms with van der Waals surface area (Å²) < 4.78 is 0. The molecule has 0 amide bonds. The fourth-order valence-corrected chi connectivity index (χ4v) is 2.07. The van der Waals surface area contributed by atoms with Crippen molar-refractivity contribution in [3.63, 3.8) is 0 Å². The second-order valence-corrected chi connectivity index (χ2v) is 5.07. The molecular formula is C17H19NO. The molecule has 98 valence electrons. The van der Waals surface area contributed by atoms with Crippen LogP contribution in [0.5, 0.6) is 5.75 Å². The maximum atomic E-state index is 10.0. The van der Waals surface area contributed by atoms with Crippen molar-refractivity contribution >= 4 is 11.9 Å². The molecule has 0 fully saturated rings. The van der Waals surface area contributed by atoms with Gasteiger partial charge in [-0.25, -0.2) is 0 Å². The van der Waals surface area contributed by atoms with Crippen LogP contribution in [0, 0.1) is 27.7 Å². The number of hydrogen-bond acceptors (Lipinski definition) is 2. The lowest BCUT2D eigenvalue weighted by atomic mass is 10.1. The van der Waals surface area contributed by atoms with Crippen molar-refractivity contribution in [3.8, 4) is 5.75 Å². The Morgan fingerprint density at radius 2 is 1.63 bits per heavy atom. The number of nitrogens with zero attached hydrogens (tertiary/aromatic N) is 1. The topological polar surface area (TPSA) is 32.6 Å². The first kappa shape index (κ1) is 13.3. The minimum atomic E-state index is 0.257. The third kappa shape index (κ3) is 3.02. The van der Waals surface area contributed by atoms with E-state index in [2.05, 4.69) is 37.0 Å². The van der Waals surface area contributed by atoms with Crippen molar-refractivity contribution in [3.05, 3.63) is 58.1 Å². The van der Waals surface area contributed by atoms with Crippen molar-refractivity contribution in [2.75, 3.05) is 0 Å². The molecule has 2 nitrogen and oxygen atoms in total. The Hall–Kier alpha value is -2.09. The van der Waals surface area contributed by atoms with Crippen LogP contribution >= 0.6 is 0 Å². The van der Waals surface area contributed by atoms with Gasteiger partial charge in [-0.05, 0) is 56.0 Å². The molecule has 0 unspecified atom stereocenters. The Morgan fingerprint density at radius 3 is 2.37 bits per heavy atom. The van der Waals surface area contributed by atoms with Gasteiger partial charge in [-0.15, -0.1) is 0 Å². The smallest absolute Gasteiger partial charge is 0.144 e. The fraction of sp³-hybridized carbons (Fsp3) is 0.235. The van der Waals surface area contributed by atoms with Gasteiger partial charge in [0.2, 0.25) is 0 Å². The summed E-state index contributed by atoms with van der Waals surface area (Å²) in [6.07, 6.45) is 1.82. The number of aromatic hydroxyl groups is 1. The third-order valence-electron chi connectivity index (χ3n) is 3.20. The van der Waals surface area contributed by atoms with Gasteiger partial charge in [-0.2, -0.15) is 0 Å². The van der Waals surface area contributed by atoms with E-state index in [0.29, 0.717) is 5.69 Å². The zero-order chi connectivity index (χ0) is 14.0. The highest BCUT2D eigenvalue weighted by molar-refractivity contribution is 5.85. The van der Waals surface area contributed by atoms with Crippen LogP contribution in [0.2, 0.25) is 0 Å². The molecule has 0 atom stereocenters. The van der Waals surface area contributed by atoms with Gasteiger partial charge in [0.1, 0.15) is 11.4 Å². The molecule has 0 aliphatic carbocycles. The van der Waals surface area contributed by atoms with Crippen molar-refractivity contribution in [2.24, 2.45) is 4.99 Å². The summed E-state index contributed by atoms with van der Waals surface area (Å²) in [5, 5.41) is 10.0. The van der Waals surface area contributed by atoms with Gasteiger partial charge in [-0.3, -0.25) is 4.99 Å². The molecule has 0 aromatic heterocycles. The Morgan fingerprint density at radius 1 is 0.895 bits per heavy atom. The molecule has 0 saturated carbocycles. The van der Waals surface area contributed by atoms with Gasteiger partial charge in [0.05, 0.1) is 0 Å². The van der Waals surface area contributed by atoms with Crippen molar-refractivity contribution in [1.82, 2.24) is 0 Å². The summed E-state index contributed by atoms with van der Waals surface area (Å²) in [5.74, 6) is 0.257. The largest absolute Gasteiger partial charge is 0.505 e. The van der Waals surface area contributed by atoms with E-state index in [1.165, 1.54) is 11.1 Å². The van der Waals surface area contributed by atoms with Gasteiger partial charge >= 0.3 is 0 Å². The molecule has 0 saturated heterocycles. The van der Waals surface area contributed by atoms with E-state index < -0.39 is 0 Å². The minimum Gasteiger partial charge on any atom is -0.505 e. The van der Waals surface area contributed by atoms with E-state index in [1.807, 2.05) is 32.2 Å². The van der Waals surface area contributed by atoms with Crippen molar-refractivity contribution in [2.45, 2.75) is 27.7 Å². The van der Waals surface area contributed by atoms with E-state index in [1.54, 1.807) is 0 Å². The lowest BCUT2D eigenvalue weighted by molar-refractivity contribution is 0.472. The van der Waals surface area contributed by atoms with Gasteiger partial charge in [0.15, 0.2) is 0 Å². The monoisotopic (exact) mass is 253 g/mol. The maximum Gasteiger partial charge on any atom is 0.144 e. The molecule has 2 rings (SSSR count). The predicted molar refractivity (Wildman–Crippen MR) is 80.8 cm³/mol. The third-order valence-corrected chi connectivity index (χ3v) is 3.20. The molecule has 0 spiro atoms. The van der Waals surface area contributed by atoms with E-state index >= 15 is 0 Å². The highest BCUT2D eigenvalue weighted by Crippen LogP contribution is 2.31. The Balaban J connectivity index is 2.40. The Bertz CT molecular complexity index is 642. The van der Waals surface area contributed by atoms with Gasteiger partial charge < -0.3 is 5.11 Å². The molecule has 0 heterocycles. The van der Waals surface area contributed by atoms with Crippen LogP contribution in [-0.2, 0) is 0 Å². The summed E-state index contributed by atoms with van der Waals surface area (Å²) in [6.45, 7) is 8.01. The Kier molecular flexibility index (Phi) is 3.70. The molecule has 2 aromatic rings. The standard InChI is InChI=1S/C17H19NO/c1-11-5-6-13(3)15(8-11)10-18-16-9-12(2)7-14(4)17(16)19/h5-10,19H,1-4H3/b18-10-. The number of benzene rings is 2. The number of aliphatic imine (C=N–C) groups is 1. The zero-order valence-electron chi connectivity index (χ0n) is 11.9. The van der Waals surface area contributed by atoms with E-state index in [4.69, 9.17) is 0 Å². The minimum absolute atomic E-state index is 0.257. The quantitative estimate of drug-likeness (QED) is 0.792. The van der Waals surface area contributed by atoms with Crippen LogP contribution < -0.4 is 0 Å². The average Bonchev–Trinajstić information content (AvgIpc) is 2.35. The molecule has 2 heteroatoms. The molecule has 19 heavy (non-hydrogen) atoms. The summed E-state index contributed by atoms with van der Waals surface area (Å²) in [6, 6.07) is 10.1. The van der Waals surface area contributed by atoms with Crippen LogP contribution in [0.3, 0.4) is 0 Å². The first-order chi connectivity index (χ1) is 8.97.